The van der Waals surface area contributed by atoms with Crippen molar-refractivity contribution >= 4 is 27.5 Å². The van der Waals surface area contributed by atoms with E-state index in [1.54, 1.807) is 23.1 Å². The van der Waals surface area contributed by atoms with Crippen molar-refractivity contribution in [2.24, 2.45) is 0 Å². The Morgan fingerprint density at radius 3 is 2.43 bits per heavy atom. The van der Waals surface area contributed by atoms with E-state index in [-0.39, 0.29) is 11.9 Å². The number of amides is 1. The van der Waals surface area contributed by atoms with Crippen LogP contribution in [-0.4, -0.2) is 17.9 Å². The summed E-state index contributed by atoms with van der Waals surface area (Å²) in [4.78, 5) is 14.4. The highest BCUT2D eigenvalue weighted by Gasteiger charge is 2.21. The maximum atomic E-state index is 12.6. The van der Waals surface area contributed by atoms with Crippen LogP contribution in [0.3, 0.4) is 0 Å². The molecule has 2 aromatic carbocycles. The second-order valence-corrected chi connectivity index (χ2v) is 6.00. The van der Waals surface area contributed by atoms with Crippen molar-refractivity contribution in [1.82, 2.24) is 4.90 Å². The lowest BCUT2D eigenvalue weighted by Gasteiger charge is -2.26. The van der Waals surface area contributed by atoms with Crippen molar-refractivity contribution in [3.05, 3.63) is 63.6 Å². The van der Waals surface area contributed by atoms with Crippen molar-refractivity contribution in [3.8, 4) is 0 Å². The molecular formula is C17H19BrN2O. The first-order chi connectivity index (χ1) is 9.91. The molecule has 0 radical (unpaired) electrons. The Morgan fingerprint density at radius 2 is 1.81 bits per heavy atom. The zero-order chi connectivity index (χ0) is 15.6. The lowest BCUT2D eigenvalue weighted by Crippen LogP contribution is -2.30. The first-order valence-corrected chi connectivity index (χ1v) is 7.59. The molecule has 110 valence electrons. The number of halogens is 1. The van der Waals surface area contributed by atoms with E-state index in [4.69, 9.17) is 5.73 Å². The molecule has 21 heavy (non-hydrogen) atoms. The van der Waals surface area contributed by atoms with Crippen LogP contribution in [0, 0.1) is 6.92 Å². The number of nitrogens with zero attached hydrogens (tertiary/aromatic N) is 1. The van der Waals surface area contributed by atoms with Gasteiger partial charge in [0.15, 0.2) is 0 Å². The fourth-order valence-corrected chi connectivity index (χ4v) is 2.58. The average molecular weight is 347 g/mol. The molecule has 0 saturated carbocycles. The first-order valence-electron chi connectivity index (χ1n) is 6.79. The molecule has 2 rings (SSSR count). The standard InChI is InChI=1S/C17H19BrN2O/c1-11-7-9-13(10-8-11)12(2)20(3)17(21)14-5-4-6-15(19)16(14)18/h4-10,12H,19H2,1-3H3. The second-order valence-electron chi connectivity index (χ2n) is 5.21. The van der Waals surface area contributed by atoms with E-state index in [0.717, 1.165) is 5.56 Å². The number of carbonyl (C=O) groups is 1. The third-order valence-corrected chi connectivity index (χ3v) is 4.61. The maximum Gasteiger partial charge on any atom is 0.255 e. The molecule has 1 amide bonds. The van der Waals surface area contributed by atoms with Gasteiger partial charge in [-0.05, 0) is 47.5 Å². The maximum absolute atomic E-state index is 12.6. The van der Waals surface area contributed by atoms with Crippen LogP contribution < -0.4 is 5.73 Å². The lowest BCUT2D eigenvalue weighted by molar-refractivity contribution is 0.0742. The van der Waals surface area contributed by atoms with Crippen LogP contribution in [0.15, 0.2) is 46.9 Å². The number of rotatable bonds is 3. The van der Waals surface area contributed by atoms with Crippen LogP contribution >= 0.6 is 15.9 Å². The van der Waals surface area contributed by atoms with Crippen molar-refractivity contribution in [2.45, 2.75) is 19.9 Å². The van der Waals surface area contributed by atoms with Gasteiger partial charge in [0, 0.05) is 12.7 Å². The molecule has 0 aliphatic rings. The van der Waals surface area contributed by atoms with Crippen LogP contribution in [0.5, 0.6) is 0 Å². The molecule has 0 saturated heterocycles. The van der Waals surface area contributed by atoms with Crippen LogP contribution in [0.25, 0.3) is 0 Å². The molecule has 1 atom stereocenters. The fraction of sp³-hybridized carbons (Fsp3) is 0.235. The third kappa shape index (κ3) is 3.27. The molecule has 2 aromatic rings. The molecule has 3 nitrogen and oxygen atoms in total. The molecule has 0 fully saturated rings. The van der Waals surface area contributed by atoms with E-state index in [0.29, 0.717) is 15.7 Å². The van der Waals surface area contributed by atoms with Gasteiger partial charge in [0.05, 0.1) is 16.1 Å². The number of anilines is 1. The number of nitrogen functional groups attached to an aromatic ring is 1. The Balaban J connectivity index is 2.26. The van der Waals surface area contributed by atoms with Crippen molar-refractivity contribution in [3.63, 3.8) is 0 Å². The van der Waals surface area contributed by atoms with Gasteiger partial charge >= 0.3 is 0 Å². The normalized spacial score (nSPS) is 12.0. The highest BCUT2D eigenvalue weighted by atomic mass is 79.9. The monoisotopic (exact) mass is 346 g/mol. The predicted octanol–water partition coefficient (Wildman–Crippen LogP) is 4.17. The molecule has 0 spiro atoms. The van der Waals surface area contributed by atoms with E-state index >= 15 is 0 Å². The van der Waals surface area contributed by atoms with E-state index in [1.807, 2.05) is 20.9 Å². The summed E-state index contributed by atoms with van der Waals surface area (Å²) in [6, 6.07) is 13.5. The van der Waals surface area contributed by atoms with Gasteiger partial charge in [-0.2, -0.15) is 0 Å². The highest BCUT2D eigenvalue weighted by Crippen LogP contribution is 2.27. The quantitative estimate of drug-likeness (QED) is 0.847. The van der Waals surface area contributed by atoms with Gasteiger partial charge in [0.25, 0.3) is 5.91 Å². The summed E-state index contributed by atoms with van der Waals surface area (Å²) in [6.45, 7) is 4.07. The Hall–Kier alpha value is -1.81. The Labute approximate surface area is 133 Å². The van der Waals surface area contributed by atoms with Gasteiger partial charge in [-0.3, -0.25) is 4.79 Å². The second kappa shape index (κ2) is 6.31. The molecule has 0 bridgehead atoms. The fourth-order valence-electron chi connectivity index (χ4n) is 2.15. The Morgan fingerprint density at radius 1 is 1.19 bits per heavy atom. The van der Waals surface area contributed by atoms with Gasteiger partial charge in [-0.15, -0.1) is 0 Å². The lowest BCUT2D eigenvalue weighted by atomic mass is 10.0. The zero-order valence-corrected chi connectivity index (χ0v) is 14.0. The van der Waals surface area contributed by atoms with E-state index in [1.165, 1.54) is 5.56 Å². The minimum Gasteiger partial charge on any atom is -0.398 e. The first kappa shape index (κ1) is 15.6. The summed E-state index contributed by atoms with van der Waals surface area (Å²) in [5, 5.41) is 0. The predicted molar refractivity (Wildman–Crippen MR) is 90.2 cm³/mol. The van der Waals surface area contributed by atoms with Crippen LogP contribution in [0.2, 0.25) is 0 Å². The number of hydrogen-bond acceptors (Lipinski definition) is 2. The third-order valence-electron chi connectivity index (χ3n) is 3.72. The number of benzene rings is 2. The SMILES string of the molecule is Cc1ccc(C(C)N(C)C(=O)c2cccc(N)c2Br)cc1. The van der Waals surface area contributed by atoms with Crippen molar-refractivity contribution in [1.29, 1.82) is 0 Å². The summed E-state index contributed by atoms with van der Waals surface area (Å²) in [5.74, 6) is -0.0535. The topological polar surface area (TPSA) is 46.3 Å². The molecule has 0 aromatic heterocycles. The molecule has 0 heterocycles. The molecule has 0 aliphatic heterocycles. The van der Waals surface area contributed by atoms with Gasteiger partial charge in [-0.25, -0.2) is 0 Å². The smallest absolute Gasteiger partial charge is 0.255 e. The molecule has 0 aliphatic carbocycles. The Bertz CT molecular complexity index is 652. The van der Waals surface area contributed by atoms with Gasteiger partial charge in [0.2, 0.25) is 0 Å². The van der Waals surface area contributed by atoms with E-state index in [2.05, 4.69) is 40.2 Å². The zero-order valence-electron chi connectivity index (χ0n) is 12.4. The van der Waals surface area contributed by atoms with Crippen LogP contribution in [0.4, 0.5) is 5.69 Å². The van der Waals surface area contributed by atoms with Crippen molar-refractivity contribution < 1.29 is 4.79 Å². The largest absolute Gasteiger partial charge is 0.398 e. The molecular weight excluding hydrogens is 328 g/mol. The summed E-state index contributed by atoms with van der Waals surface area (Å²) in [6.07, 6.45) is 0. The average Bonchev–Trinajstić information content (AvgIpc) is 2.48. The molecule has 1 unspecified atom stereocenters. The summed E-state index contributed by atoms with van der Waals surface area (Å²) in [5.41, 5.74) is 9.31. The van der Waals surface area contributed by atoms with Gasteiger partial charge in [0.1, 0.15) is 0 Å². The number of nitrogens with two attached hydrogens (primary N) is 1. The summed E-state index contributed by atoms with van der Waals surface area (Å²) < 4.78 is 0.651. The highest BCUT2D eigenvalue weighted by molar-refractivity contribution is 9.10. The number of hydrogen-bond donors (Lipinski definition) is 1. The summed E-state index contributed by atoms with van der Waals surface area (Å²) in [7, 11) is 1.81. The van der Waals surface area contributed by atoms with Gasteiger partial charge in [-0.1, -0.05) is 35.9 Å². The Kier molecular flexibility index (Phi) is 4.68. The van der Waals surface area contributed by atoms with Crippen molar-refractivity contribution in [2.75, 3.05) is 12.8 Å². The number of aryl methyl sites for hydroxylation is 1. The van der Waals surface area contributed by atoms with Crippen LogP contribution in [0.1, 0.15) is 34.5 Å². The summed E-state index contributed by atoms with van der Waals surface area (Å²) >= 11 is 3.39. The minimum absolute atomic E-state index is 0.00793. The molecule has 2 N–H and O–H groups in total. The van der Waals surface area contributed by atoms with Crippen LogP contribution in [-0.2, 0) is 0 Å². The van der Waals surface area contributed by atoms with Gasteiger partial charge < -0.3 is 10.6 Å². The minimum atomic E-state index is -0.0535. The molecule has 4 heteroatoms. The number of carbonyl (C=O) groups excluding carboxylic acids is 1. The van der Waals surface area contributed by atoms with E-state index < -0.39 is 0 Å². The van der Waals surface area contributed by atoms with E-state index in [9.17, 15) is 4.79 Å².